The highest BCUT2D eigenvalue weighted by Crippen LogP contribution is 2.27. The van der Waals surface area contributed by atoms with Crippen LogP contribution in [0.3, 0.4) is 0 Å². The average Bonchev–Trinajstić information content (AvgIpc) is 2.50. The van der Waals surface area contributed by atoms with Crippen LogP contribution >= 0.6 is 11.6 Å². The molecule has 0 saturated carbocycles. The molecule has 0 radical (unpaired) electrons. The molecule has 2 heteroatoms. The molecule has 1 nitrogen and oxygen atoms in total. The lowest BCUT2D eigenvalue weighted by Gasteiger charge is -2.22. The van der Waals surface area contributed by atoms with Gasteiger partial charge in [-0.05, 0) is 42.2 Å². The van der Waals surface area contributed by atoms with Crippen LogP contribution in [0.1, 0.15) is 50.3 Å². The van der Waals surface area contributed by atoms with Crippen molar-refractivity contribution < 1.29 is 0 Å². The fraction of sp³-hybridized carbons (Fsp3) is 0.368. The van der Waals surface area contributed by atoms with Crippen LogP contribution in [-0.4, -0.2) is 0 Å². The fourth-order valence-corrected chi connectivity index (χ4v) is 2.77. The zero-order valence-electron chi connectivity index (χ0n) is 12.9. The minimum atomic E-state index is 0.338. The summed E-state index contributed by atoms with van der Waals surface area (Å²) in [5, 5.41) is 4.52. The van der Waals surface area contributed by atoms with Crippen LogP contribution in [-0.2, 0) is 6.42 Å². The molecule has 0 saturated heterocycles. The summed E-state index contributed by atoms with van der Waals surface area (Å²) in [6.07, 6.45) is 4.54. The summed E-state index contributed by atoms with van der Waals surface area (Å²) < 4.78 is 0. The molecule has 1 atom stereocenters. The Kier molecular flexibility index (Phi) is 6.13. The summed E-state index contributed by atoms with van der Waals surface area (Å²) in [6.45, 7) is 4.45. The molecule has 0 heterocycles. The maximum atomic E-state index is 6.00. The van der Waals surface area contributed by atoms with Gasteiger partial charge in [-0.2, -0.15) is 0 Å². The molecule has 0 bridgehead atoms. The molecule has 21 heavy (non-hydrogen) atoms. The first-order chi connectivity index (χ1) is 10.2. The third-order valence-corrected chi connectivity index (χ3v) is 3.97. The van der Waals surface area contributed by atoms with Gasteiger partial charge >= 0.3 is 0 Å². The summed E-state index contributed by atoms with van der Waals surface area (Å²) >= 11 is 6.00. The van der Waals surface area contributed by atoms with E-state index in [0.717, 1.165) is 30.7 Å². The normalized spacial score (nSPS) is 12.1. The average molecular weight is 302 g/mol. The quantitative estimate of drug-likeness (QED) is 0.637. The Labute approximate surface area is 133 Å². The van der Waals surface area contributed by atoms with Gasteiger partial charge in [-0.15, -0.1) is 0 Å². The predicted molar refractivity (Wildman–Crippen MR) is 93.2 cm³/mol. The van der Waals surface area contributed by atoms with Crippen LogP contribution in [0.15, 0.2) is 48.5 Å². The summed E-state index contributed by atoms with van der Waals surface area (Å²) in [6, 6.07) is 17.2. The first-order valence-corrected chi connectivity index (χ1v) is 8.22. The van der Waals surface area contributed by atoms with E-state index in [1.54, 1.807) is 0 Å². The Bertz CT molecular complexity index is 548. The molecule has 0 aliphatic heterocycles. The van der Waals surface area contributed by atoms with Crippen molar-refractivity contribution in [2.75, 3.05) is 5.32 Å². The van der Waals surface area contributed by atoms with Gasteiger partial charge in [0.1, 0.15) is 0 Å². The Morgan fingerprint density at radius 3 is 2.33 bits per heavy atom. The third kappa shape index (κ3) is 4.50. The van der Waals surface area contributed by atoms with Crippen LogP contribution in [0.2, 0.25) is 5.02 Å². The zero-order valence-corrected chi connectivity index (χ0v) is 13.7. The number of halogens is 1. The number of rotatable bonds is 7. The fourth-order valence-electron chi connectivity index (χ4n) is 2.64. The molecule has 0 fully saturated rings. The van der Waals surface area contributed by atoms with Crippen molar-refractivity contribution in [3.05, 3.63) is 64.7 Å². The lowest BCUT2D eigenvalue weighted by Crippen LogP contribution is -2.12. The van der Waals surface area contributed by atoms with Gasteiger partial charge in [-0.1, -0.05) is 68.6 Å². The van der Waals surface area contributed by atoms with Crippen LogP contribution in [0.4, 0.5) is 5.69 Å². The molecule has 1 unspecified atom stereocenters. The lowest BCUT2D eigenvalue weighted by molar-refractivity contribution is 0.676. The second-order valence-corrected chi connectivity index (χ2v) is 5.88. The van der Waals surface area contributed by atoms with Crippen LogP contribution < -0.4 is 5.32 Å². The number of hydrogen-bond donors (Lipinski definition) is 1. The van der Waals surface area contributed by atoms with Crippen molar-refractivity contribution in [1.29, 1.82) is 0 Å². The summed E-state index contributed by atoms with van der Waals surface area (Å²) in [4.78, 5) is 0. The van der Waals surface area contributed by atoms with Gasteiger partial charge in [0.05, 0.1) is 6.04 Å². The zero-order chi connectivity index (χ0) is 15.1. The molecule has 0 spiro atoms. The molecule has 0 amide bonds. The smallest absolute Gasteiger partial charge is 0.0513 e. The van der Waals surface area contributed by atoms with E-state index in [4.69, 9.17) is 11.6 Å². The number of aryl methyl sites for hydroxylation is 1. The van der Waals surface area contributed by atoms with Crippen molar-refractivity contribution in [3.8, 4) is 0 Å². The topological polar surface area (TPSA) is 12.0 Å². The Morgan fingerprint density at radius 2 is 1.67 bits per heavy atom. The molecule has 0 aliphatic carbocycles. The largest absolute Gasteiger partial charge is 0.378 e. The number of benzene rings is 2. The second kappa shape index (κ2) is 8.09. The molecule has 0 aromatic heterocycles. The Hall–Kier alpha value is -1.47. The van der Waals surface area contributed by atoms with Crippen LogP contribution in [0, 0.1) is 0 Å². The first-order valence-electron chi connectivity index (χ1n) is 7.84. The molecule has 2 aromatic carbocycles. The molecule has 0 aliphatic rings. The Balaban J connectivity index is 2.22. The van der Waals surface area contributed by atoms with E-state index in [-0.39, 0.29) is 0 Å². The summed E-state index contributed by atoms with van der Waals surface area (Å²) in [5.41, 5.74) is 3.95. The van der Waals surface area contributed by atoms with E-state index in [0.29, 0.717) is 6.04 Å². The summed E-state index contributed by atoms with van der Waals surface area (Å²) in [5.74, 6) is 0. The maximum absolute atomic E-state index is 6.00. The van der Waals surface area contributed by atoms with Crippen molar-refractivity contribution in [2.45, 2.75) is 45.6 Å². The lowest BCUT2D eigenvalue weighted by atomic mass is 10.0. The highest BCUT2D eigenvalue weighted by Gasteiger charge is 2.12. The number of nitrogens with one attached hydrogen (secondary N) is 1. The van der Waals surface area contributed by atoms with E-state index >= 15 is 0 Å². The summed E-state index contributed by atoms with van der Waals surface area (Å²) in [7, 11) is 0. The van der Waals surface area contributed by atoms with Crippen LogP contribution in [0.5, 0.6) is 0 Å². The molecule has 2 aromatic rings. The van der Waals surface area contributed by atoms with E-state index in [1.165, 1.54) is 16.8 Å². The van der Waals surface area contributed by atoms with Gasteiger partial charge in [-0.3, -0.25) is 0 Å². The third-order valence-electron chi connectivity index (χ3n) is 3.72. The monoisotopic (exact) mass is 301 g/mol. The maximum Gasteiger partial charge on any atom is 0.0513 e. The highest BCUT2D eigenvalue weighted by atomic mass is 35.5. The van der Waals surface area contributed by atoms with Crippen LogP contribution in [0.25, 0.3) is 0 Å². The van der Waals surface area contributed by atoms with E-state index in [2.05, 4.69) is 55.6 Å². The van der Waals surface area contributed by atoms with Crippen molar-refractivity contribution >= 4 is 17.3 Å². The van der Waals surface area contributed by atoms with Gasteiger partial charge < -0.3 is 5.32 Å². The van der Waals surface area contributed by atoms with Gasteiger partial charge in [0.15, 0.2) is 0 Å². The van der Waals surface area contributed by atoms with Gasteiger partial charge in [-0.25, -0.2) is 0 Å². The van der Waals surface area contributed by atoms with E-state index in [9.17, 15) is 0 Å². The second-order valence-electron chi connectivity index (χ2n) is 5.44. The van der Waals surface area contributed by atoms with Gasteiger partial charge in [0.25, 0.3) is 0 Å². The molecule has 1 N–H and O–H groups in total. The molecule has 112 valence electrons. The van der Waals surface area contributed by atoms with Gasteiger partial charge in [0.2, 0.25) is 0 Å². The highest BCUT2D eigenvalue weighted by molar-refractivity contribution is 6.30. The number of hydrogen-bond acceptors (Lipinski definition) is 1. The molecule has 2 rings (SSSR count). The van der Waals surface area contributed by atoms with Crippen molar-refractivity contribution in [3.63, 3.8) is 0 Å². The number of para-hydroxylation sites is 1. The standard InChI is InChI=1S/C19H24ClN/c1-3-7-15-9-5-6-10-19(15)21-18(8-4-2)16-11-13-17(20)14-12-16/h5-6,9-14,18,21H,3-4,7-8H2,1-2H3. The van der Waals surface area contributed by atoms with E-state index in [1.807, 2.05) is 12.1 Å². The van der Waals surface area contributed by atoms with Gasteiger partial charge in [0, 0.05) is 10.7 Å². The predicted octanol–water partition coefficient (Wildman–Crippen LogP) is 6.25. The molecular formula is C19H24ClN. The SMILES string of the molecule is CCCc1ccccc1NC(CCC)c1ccc(Cl)cc1. The minimum Gasteiger partial charge on any atom is -0.378 e. The Morgan fingerprint density at radius 1 is 0.952 bits per heavy atom. The van der Waals surface area contributed by atoms with E-state index < -0.39 is 0 Å². The van der Waals surface area contributed by atoms with Crippen molar-refractivity contribution in [1.82, 2.24) is 0 Å². The number of anilines is 1. The molecular weight excluding hydrogens is 278 g/mol. The first kappa shape index (κ1) is 15.9. The van der Waals surface area contributed by atoms with Crippen molar-refractivity contribution in [2.24, 2.45) is 0 Å². The minimum absolute atomic E-state index is 0.338.